The first-order chi connectivity index (χ1) is 16.4. The monoisotopic (exact) mass is 510 g/mol. The minimum absolute atomic E-state index is 0.0931. The van der Waals surface area contributed by atoms with Crippen molar-refractivity contribution in [1.29, 1.82) is 0 Å². The van der Waals surface area contributed by atoms with Crippen molar-refractivity contribution in [2.24, 2.45) is 0 Å². The van der Waals surface area contributed by atoms with Crippen molar-refractivity contribution in [3.63, 3.8) is 0 Å². The molecule has 0 aromatic carbocycles. The molecule has 1 amide bonds. The van der Waals surface area contributed by atoms with E-state index in [2.05, 4.69) is 15.5 Å². The number of carbonyl (C=O) groups is 1. The second kappa shape index (κ2) is 8.29. The maximum absolute atomic E-state index is 13.2. The van der Waals surface area contributed by atoms with Crippen LogP contribution in [0.4, 0.5) is 24.9 Å². The van der Waals surface area contributed by atoms with E-state index in [1.165, 1.54) is 25.2 Å². The molecule has 10 nitrogen and oxygen atoms in total. The Hall–Kier alpha value is -3.00. The van der Waals surface area contributed by atoms with Crippen LogP contribution in [-0.2, 0) is 24.1 Å². The molecule has 1 atom stereocenters. The van der Waals surface area contributed by atoms with E-state index in [0.29, 0.717) is 37.8 Å². The quantitative estimate of drug-likeness (QED) is 0.549. The fourth-order valence-electron chi connectivity index (χ4n) is 4.37. The van der Waals surface area contributed by atoms with Gasteiger partial charge < -0.3 is 24.8 Å². The summed E-state index contributed by atoms with van der Waals surface area (Å²) in [5.41, 5.74) is -1.47. The molecule has 5 heterocycles. The van der Waals surface area contributed by atoms with Gasteiger partial charge in [-0.1, -0.05) is 0 Å². The van der Waals surface area contributed by atoms with Crippen molar-refractivity contribution in [2.75, 3.05) is 29.4 Å². The number of anilines is 2. The molecule has 0 bridgehead atoms. The minimum atomic E-state index is -4.56. The van der Waals surface area contributed by atoms with Gasteiger partial charge in [0.1, 0.15) is 16.2 Å². The number of carbonyl (C=O) groups excluding carboxylic acids is 1. The van der Waals surface area contributed by atoms with Crippen LogP contribution in [0.5, 0.6) is 0 Å². The Bertz CT molecular complexity index is 1280. The molecule has 1 saturated heterocycles. The average Bonchev–Trinajstić information content (AvgIpc) is 3.48. The van der Waals surface area contributed by atoms with Gasteiger partial charge in [-0.05, 0) is 33.3 Å². The third-order valence-corrected chi connectivity index (χ3v) is 7.10. The summed E-state index contributed by atoms with van der Waals surface area (Å²) in [5.74, 6) is -0.0490. The van der Waals surface area contributed by atoms with E-state index in [9.17, 15) is 23.1 Å². The Labute approximate surface area is 202 Å². The number of aryl methyl sites for hydroxylation is 1. The Morgan fingerprint density at radius 3 is 2.66 bits per heavy atom. The maximum Gasteiger partial charge on any atom is 0.451 e. The van der Waals surface area contributed by atoms with Gasteiger partial charge in [0.15, 0.2) is 5.82 Å². The molecule has 3 aromatic heterocycles. The van der Waals surface area contributed by atoms with Gasteiger partial charge in [0.05, 0.1) is 11.9 Å². The molecule has 5 rings (SSSR count). The molecule has 3 aromatic rings. The van der Waals surface area contributed by atoms with Gasteiger partial charge >= 0.3 is 6.18 Å². The van der Waals surface area contributed by atoms with Crippen molar-refractivity contribution in [3.8, 4) is 0 Å². The number of aromatic nitrogens is 5. The Balaban J connectivity index is 1.42. The zero-order valence-electron chi connectivity index (χ0n) is 19.4. The van der Waals surface area contributed by atoms with Crippen LogP contribution in [0.1, 0.15) is 36.8 Å². The third-order valence-electron chi connectivity index (χ3n) is 6.15. The predicted molar refractivity (Wildman–Crippen MR) is 123 cm³/mol. The van der Waals surface area contributed by atoms with E-state index in [-0.39, 0.29) is 25.0 Å². The Morgan fingerprint density at radius 1 is 1.17 bits per heavy atom. The number of hydrogen-bond acceptors (Lipinski definition) is 9. The van der Waals surface area contributed by atoms with Crippen molar-refractivity contribution < 1.29 is 23.1 Å². The number of amides is 1. The highest BCUT2D eigenvalue weighted by molar-refractivity contribution is 7.18. The molecule has 35 heavy (non-hydrogen) atoms. The lowest BCUT2D eigenvalue weighted by Crippen LogP contribution is -2.47. The first kappa shape index (κ1) is 23.7. The maximum atomic E-state index is 13.2. The average molecular weight is 511 g/mol. The van der Waals surface area contributed by atoms with Gasteiger partial charge in [0, 0.05) is 37.1 Å². The number of hydrogen-bond donors (Lipinski definition) is 2. The molecular weight excluding hydrogens is 485 g/mol. The van der Waals surface area contributed by atoms with Crippen molar-refractivity contribution >= 4 is 39.2 Å². The van der Waals surface area contributed by atoms with Crippen LogP contribution in [0.2, 0.25) is 0 Å². The highest BCUT2D eigenvalue weighted by Gasteiger charge is 2.40. The topological polar surface area (TPSA) is 112 Å². The van der Waals surface area contributed by atoms with E-state index in [4.69, 9.17) is 9.97 Å². The summed E-state index contributed by atoms with van der Waals surface area (Å²) in [6.45, 7) is 6.51. The number of fused-ring (bicyclic) bond motifs is 2. The highest BCUT2D eigenvalue weighted by atomic mass is 32.1. The molecule has 0 radical (unpaired) electrons. The largest absolute Gasteiger partial charge is 0.451 e. The summed E-state index contributed by atoms with van der Waals surface area (Å²) in [6.07, 6.45) is -3.88. The van der Waals surface area contributed by atoms with Crippen molar-refractivity contribution in [2.45, 2.75) is 58.1 Å². The Morgan fingerprint density at radius 2 is 1.94 bits per heavy atom. The van der Waals surface area contributed by atoms with Gasteiger partial charge in [-0.3, -0.25) is 4.79 Å². The number of alkyl halides is 3. The standard InChI is InChI=1S/C21H25F3N8O2S/c1-11-8-13-15(30-6-7-32-14(10-30)28-29-17(32)21(22,23)24)26-19(27-16(13)35-11)31-5-4-12(9-31)25-18(33)20(2,3)34/h8,12,34H,4-7,9-10H2,1-3H3,(H,25,33). The number of thiophene rings is 1. The van der Waals surface area contributed by atoms with Crippen LogP contribution in [0, 0.1) is 6.92 Å². The summed E-state index contributed by atoms with van der Waals surface area (Å²) in [5, 5.41) is 20.8. The molecule has 14 heteroatoms. The minimum Gasteiger partial charge on any atom is -0.381 e. The van der Waals surface area contributed by atoms with Gasteiger partial charge in [-0.2, -0.15) is 18.2 Å². The molecule has 2 aliphatic rings. The highest BCUT2D eigenvalue weighted by Crippen LogP contribution is 2.36. The molecular formula is C21H25F3N8O2S. The van der Waals surface area contributed by atoms with E-state index >= 15 is 0 Å². The summed E-state index contributed by atoms with van der Waals surface area (Å²) in [4.78, 5) is 27.4. The molecule has 1 fully saturated rings. The molecule has 0 spiro atoms. The van der Waals surface area contributed by atoms with Gasteiger partial charge in [0.25, 0.3) is 5.91 Å². The molecule has 2 N–H and O–H groups in total. The van der Waals surface area contributed by atoms with E-state index in [1.807, 2.05) is 22.8 Å². The van der Waals surface area contributed by atoms with E-state index < -0.39 is 23.5 Å². The van der Waals surface area contributed by atoms with Crippen molar-refractivity contribution in [3.05, 3.63) is 22.6 Å². The fraction of sp³-hybridized carbons (Fsp3) is 0.571. The van der Waals surface area contributed by atoms with Crippen LogP contribution >= 0.6 is 11.3 Å². The predicted octanol–water partition coefficient (Wildman–Crippen LogP) is 2.10. The van der Waals surface area contributed by atoms with Crippen LogP contribution in [-0.4, -0.2) is 67.0 Å². The lowest BCUT2D eigenvalue weighted by atomic mass is 10.1. The van der Waals surface area contributed by atoms with Crippen LogP contribution in [0.15, 0.2) is 6.07 Å². The smallest absolute Gasteiger partial charge is 0.381 e. The molecule has 0 saturated carbocycles. The van der Waals surface area contributed by atoms with Crippen LogP contribution < -0.4 is 15.1 Å². The first-order valence-electron chi connectivity index (χ1n) is 11.2. The summed E-state index contributed by atoms with van der Waals surface area (Å²) in [7, 11) is 0. The van der Waals surface area contributed by atoms with Crippen LogP contribution in [0.3, 0.4) is 0 Å². The second-order valence-corrected chi connectivity index (χ2v) is 10.6. The van der Waals surface area contributed by atoms with Gasteiger partial charge in [0.2, 0.25) is 11.8 Å². The lowest BCUT2D eigenvalue weighted by Gasteiger charge is -2.30. The summed E-state index contributed by atoms with van der Waals surface area (Å²) < 4.78 is 40.8. The Kier molecular flexibility index (Phi) is 5.62. The third kappa shape index (κ3) is 4.51. The number of rotatable bonds is 4. The van der Waals surface area contributed by atoms with Crippen LogP contribution in [0.25, 0.3) is 10.2 Å². The molecule has 0 aliphatic carbocycles. The number of aliphatic hydroxyl groups is 1. The number of nitrogens with zero attached hydrogens (tertiary/aromatic N) is 7. The summed E-state index contributed by atoms with van der Waals surface area (Å²) in [6, 6.07) is 1.83. The molecule has 1 unspecified atom stereocenters. The number of halogens is 3. The zero-order valence-corrected chi connectivity index (χ0v) is 20.2. The molecule has 188 valence electrons. The molecule has 2 aliphatic heterocycles. The lowest BCUT2D eigenvalue weighted by molar-refractivity contribution is -0.147. The van der Waals surface area contributed by atoms with Gasteiger partial charge in [-0.25, -0.2) is 4.98 Å². The first-order valence-corrected chi connectivity index (χ1v) is 12.0. The normalized spacial score (nSPS) is 18.9. The SMILES string of the molecule is Cc1cc2c(N3CCn4c(nnc4C(F)(F)F)C3)nc(N3CCC(NC(=O)C(C)(C)O)C3)nc2s1. The van der Waals surface area contributed by atoms with E-state index in [1.54, 1.807) is 0 Å². The van der Waals surface area contributed by atoms with Gasteiger partial charge in [-0.15, -0.1) is 21.5 Å². The van der Waals surface area contributed by atoms with Crippen molar-refractivity contribution in [1.82, 2.24) is 30.0 Å². The van der Waals surface area contributed by atoms with E-state index in [0.717, 1.165) is 19.7 Å². The zero-order chi connectivity index (χ0) is 25.1. The summed E-state index contributed by atoms with van der Waals surface area (Å²) >= 11 is 1.52. The second-order valence-electron chi connectivity index (χ2n) is 9.40. The number of nitrogens with one attached hydrogen (secondary N) is 1. The fourth-order valence-corrected chi connectivity index (χ4v) is 5.24.